The molecule has 0 unspecified atom stereocenters. The van der Waals surface area contributed by atoms with Crippen molar-refractivity contribution in [3.05, 3.63) is 24.8 Å². The molecule has 0 bridgehead atoms. The minimum absolute atomic E-state index is 0.968. The molecule has 1 aromatic carbocycles. The van der Waals surface area contributed by atoms with Crippen LogP contribution in [0.2, 0.25) is 0 Å². The fourth-order valence-corrected chi connectivity index (χ4v) is 3.60. The van der Waals surface area contributed by atoms with Crippen LogP contribution in [0.3, 0.4) is 0 Å². The Kier molecular flexibility index (Phi) is 4.92. The van der Waals surface area contributed by atoms with Gasteiger partial charge in [-0.2, -0.15) is 0 Å². The molecule has 0 aliphatic rings. The summed E-state index contributed by atoms with van der Waals surface area (Å²) in [6.45, 7) is 0.968. The fourth-order valence-electron chi connectivity index (χ4n) is 1.26. The summed E-state index contributed by atoms with van der Waals surface area (Å²) in [7, 11) is 5.86. The van der Waals surface area contributed by atoms with Crippen molar-refractivity contribution < 1.29 is 4.74 Å². The molecule has 1 aromatic rings. The van der Waals surface area contributed by atoms with Gasteiger partial charge in [0.1, 0.15) is 5.75 Å². The third kappa shape index (κ3) is 3.23. The molecule has 0 spiro atoms. The fraction of sp³-hybridized carbons (Fsp3) is 0.400. The van der Waals surface area contributed by atoms with Crippen molar-refractivity contribution in [1.82, 2.24) is 4.90 Å². The molecular formula is C10H13I2NO. The average Bonchev–Trinajstić information content (AvgIpc) is 2.01. The van der Waals surface area contributed by atoms with Crippen LogP contribution in [0, 0.1) is 7.14 Å². The molecule has 14 heavy (non-hydrogen) atoms. The van der Waals surface area contributed by atoms with Crippen LogP contribution in [-0.4, -0.2) is 26.1 Å². The first-order chi connectivity index (χ1) is 6.54. The number of ether oxygens (including phenoxy) is 1. The number of halogens is 2. The highest BCUT2D eigenvalue weighted by molar-refractivity contribution is 14.1. The SMILES string of the molecule is COc1c(I)cc(CN(C)C)cc1I. The third-order valence-electron chi connectivity index (χ3n) is 1.76. The van der Waals surface area contributed by atoms with Gasteiger partial charge in [-0.25, -0.2) is 0 Å². The van der Waals surface area contributed by atoms with E-state index >= 15 is 0 Å². The normalized spacial score (nSPS) is 10.7. The number of nitrogens with zero attached hydrogens (tertiary/aromatic N) is 1. The predicted molar refractivity (Wildman–Crippen MR) is 75.8 cm³/mol. The molecule has 0 atom stereocenters. The maximum Gasteiger partial charge on any atom is 0.145 e. The number of hydrogen-bond acceptors (Lipinski definition) is 2. The molecule has 0 aliphatic heterocycles. The molecule has 0 saturated carbocycles. The van der Waals surface area contributed by atoms with Gasteiger partial charge < -0.3 is 9.64 Å². The second kappa shape index (κ2) is 5.50. The van der Waals surface area contributed by atoms with Gasteiger partial charge in [0.2, 0.25) is 0 Å². The Bertz CT molecular complexity index is 303. The third-order valence-corrected chi connectivity index (χ3v) is 3.36. The lowest BCUT2D eigenvalue weighted by Crippen LogP contribution is -2.11. The van der Waals surface area contributed by atoms with Crippen LogP contribution < -0.4 is 4.74 Å². The Morgan fingerprint density at radius 3 is 2.07 bits per heavy atom. The Hall–Kier alpha value is 0.440. The van der Waals surface area contributed by atoms with Crippen LogP contribution in [0.5, 0.6) is 5.75 Å². The largest absolute Gasteiger partial charge is 0.495 e. The molecule has 0 radical (unpaired) electrons. The zero-order valence-electron chi connectivity index (χ0n) is 8.47. The summed E-state index contributed by atoms with van der Waals surface area (Å²) in [5.41, 5.74) is 1.32. The highest BCUT2D eigenvalue weighted by atomic mass is 127. The number of rotatable bonds is 3. The van der Waals surface area contributed by atoms with E-state index in [1.807, 2.05) is 0 Å². The Morgan fingerprint density at radius 1 is 1.21 bits per heavy atom. The monoisotopic (exact) mass is 417 g/mol. The Morgan fingerprint density at radius 2 is 1.71 bits per heavy atom. The van der Waals surface area contributed by atoms with Gasteiger partial charge in [0.25, 0.3) is 0 Å². The zero-order chi connectivity index (χ0) is 10.7. The van der Waals surface area contributed by atoms with Gasteiger partial charge in [-0.15, -0.1) is 0 Å². The number of methoxy groups -OCH3 is 1. The maximum absolute atomic E-state index is 5.31. The van der Waals surface area contributed by atoms with E-state index in [0.717, 1.165) is 12.3 Å². The molecule has 0 heterocycles. The molecule has 78 valence electrons. The first-order valence-corrected chi connectivity index (χ1v) is 6.37. The topological polar surface area (TPSA) is 12.5 Å². The van der Waals surface area contributed by atoms with Crippen molar-refractivity contribution in [2.75, 3.05) is 21.2 Å². The summed E-state index contributed by atoms with van der Waals surface area (Å²) in [5.74, 6) is 0.980. The molecule has 0 N–H and O–H groups in total. The molecule has 2 nitrogen and oxygen atoms in total. The van der Waals surface area contributed by atoms with Crippen molar-refractivity contribution in [2.45, 2.75) is 6.54 Å². The summed E-state index contributed by atoms with van der Waals surface area (Å²) in [6.07, 6.45) is 0. The molecule has 0 aliphatic carbocycles. The van der Waals surface area contributed by atoms with E-state index in [0.29, 0.717) is 0 Å². The van der Waals surface area contributed by atoms with Crippen LogP contribution >= 0.6 is 45.2 Å². The molecule has 0 saturated heterocycles. The van der Waals surface area contributed by atoms with E-state index in [1.54, 1.807) is 7.11 Å². The van der Waals surface area contributed by atoms with Gasteiger partial charge in [-0.3, -0.25) is 0 Å². The van der Waals surface area contributed by atoms with Crippen LogP contribution in [0.25, 0.3) is 0 Å². The first kappa shape index (κ1) is 12.5. The van der Waals surface area contributed by atoms with Gasteiger partial charge in [0.15, 0.2) is 0 Å². The maximum atomic E-state index is 5.31. The number of benzene rings is 1. The second-order valence-electron chi connectivity index (χ2n) is 3.33. The van der Waals surface area contributed by atoms with Gasteiger partial charge in [-0.1, -0.05) is 0 Å². The molecule has 0 fully saturated rings. The van der Waals surface area contributed by atoms with E-state index in [4.69, 9.17) is 4.74 Å². The standard InChI is InChI=1S/C10H13I2NO/c1-13(2)6-7-4-8(11)10(14-3)9(12)5-7/h4-5H,6H2,1-3H3. The minimum Gasteiger partial charge on any atom is -0.495 e. The zero-order valence-corrected chi connectivity index (χ0v) is 12.8. The summed E-state index contributed by atoms with van der Waals surface area (Å²) in [4.78, 5) is 2.16. The van der Waals surface area contributed by atoms with Crippen LogP contribution in [-0.2, 0) is 6.54 Å². The summed E-state index contributed by atoms with van der Waals surface area (Å²) < 4.78 is 7.66. The van der Waals surface area contributed by atoms with E-state index < -0.39 is 0 Å². The summed E-state index contributed by atoms with van der Waals surface area (Å²) in [5, 5.41) is 0. The Labute approximate surface area is 112 Å². The first-order valence-electron chi connectivity index (χ1n) is 4.21. The molecular weight excluding hydrogens is 404 g/mol. The summed E-state index contributed by atoms with van der Waals surface area (Å²) >= 11 is 4.62. The molecule has 1 rings (SSSR count). The van der Waals surface area contributed by atoms with Crippen molar-refractivity contribution >= 4 is 45.2 Å². The van der Waals surface area contributed by atoms with Crippen molar-refractivity contribution in [2.24, 2.45) is 0 Å². The predicted octanol–water partition coefficient (Wildman–Crippen LogP) is 2.97. The van der Waals surface area contributed by atoms with E-state index in [9.17, 15) is 0 Å². The lowest BCUT2D eigenvalue weighted by Gasteiger charge is -2.12. The highest BCUT2D eigenvalue weighted by Crippen LogP contribution is 2.28. The molecule has 4 heteroatoms. The second-order valence-corrected chi connectivity index (χ2v) is 5.65. The van der Waals surface area contributed by atoms with Crippen LogP contribution in [0.1, 0.15) is 5.56 Å². The van der Waals surface area contributed by atoms with Crippen LogP contribution in [0.15, 0.2) is 12.1 Å². The highest BCUT2D eigenvalue weighted by Gasteiger charge is 2.07. The quantitative estimate of drug-likeness (QED) is 0.702. The van der Waals surface area contributed by atoms with Crippen molar-refractivity contribution in [3.8, 4) is 5.75 Å². The van der Waals surface area contributed by atoms with Gasteiger partial charge in [-0.05, 0) is 77.0 Å². The lowest BCUT2D eigenvalue weighted by molar-refractivity contribution is 0.397. The molecule has 0 aromatic heterocycles. The van der Waals surface area contributed by atoms with E-state index in [-0.39, 0.29) is 0 Å². The van der Waals surface area contributed by atoms with Crippen LogP contribution in [0.4, 0.5) is 0 Å². The van der Waals surface area contributed by atoms with Gasteiger partial charge >= 0.3 is 0 Å². The Balaban J connectivity index is 3.01. The van der Waals surface area contributed by atoms with E-state index in [1.165, 1.54) is 12.7 Å². The van der Waals surface area contributed by atoms with Crippen molar-refractivity contribution in [1.29, 1.82) is 0 Å². The lowest BCUT2D eigenvalue weighted by atomic mass is 10.2. The van der Waals surface area contributed by atoms with Gasteiger partial charge in [0.05, 0.1) is 14.3 Å². The smallest absolute Gasteiger partial charge is 0.145 e. The average molecular weight is 417 g/mol. The number of hydrogen-bond donors (Lipinski definition) is 0. The van der Waals surface area contributed by atoms with Crippen molar-refractivity contribution in [3.63, 3.8) is 0 Å². The van der Waals surface area contributed by atoms with Gasteiger partial charge in [0, 0.05) is 6.54 Å². The minimum atomic E-state index is 0.968. The summed E-state index contributed by atoms with van der Waals surface area (Å²) in [6, 6.07) is 4.34. The van der Waals surface area contributed by atoms with E-state index in [2.05, 4.69) is 76.3 Å². The molecule has 0 amide bonds.